The topological polar surface area (TPSA) is 389 Å². The Balaban J connectivity index is 0.833. The molecular formula is C42H59ClN9O18P3S. The number of phosphoric acid groups is 3. The number of fused-ring (bicyclic) bond motifs is 1. The normalized spacial score (nSPS) is 21.4. The van der Waals surface area contributed by atoms with Gasteiger partial charge in [-0.2, -0.15) is 4.31 Å². The molecule has 0 aliphatic carbocycles. The lowest BCUT2D eigenvalue weighted by Gasteiger charge is -2.34. The van der Waals surface area contributed by atoms with Gasteiger partial charge >= 0.3 is 23.5 Å². The first-order chi connectivity index (χ1) is 34.9. The predicted molar refractivity (Wildman–Crippen MR) is 264 cm³/mol. The first kappa shape index (κ1) is 59.4. The van der Waals surface area contributed by atoms with Crippen LogP contribution in [0.5, 0.6) is 0 Å². The SMILES string of the molecule is CC(C)(COP(=O)(O)OP(=O)(O)OCC1OC(n2cnc3c(N)ncnc32)C(O)C1OP(=O)(O)O)C(O)C(=O)NCCC(=O)NCCSC(=O)CCCN1CCC(OC(c2ccc(Cl)cc2)c2ccccn2)CC1. The summed E-state index contributed by atoms with van der Waals surface area (Å²) in [6.07, 6.45) is -2.79. The molecule has 408 valence electrons. The minimum Gasteiger partial charge on any atom is -0.386 e. The van der Waals surface area contributed by atoms with Gasteiger partial charge in [0.2, 0.25) is 11.8 Å². The number of likely N-dealkylation sites (tertiary alicyclic amines) is 1. The maximum Gasteiger partial charge on any atom is 0.481 e. The van der Waals surface area contributed by atoms with E-state index >= 15 is 0 Å². The van der Waals surface area contributed by atoms with Crippen molar-refractivity contribution in [1.29, 1.82) is 0 Å². The number of pyridine rings is 1. The van der Waals surface area contributed by atoms with Gasteiger partial charge in [0.15, 0.2) is 22.8 Å². The van der Waals surface area contributed by atoms with Gasteiger partial charge in [0.25, 0.3) is 0 Å². The molecule has 8 atom stereocenters. The zero-order valence-electron chi connectivity index (χ0n) is 40.0. The standard InChI is InChI=1S/C42H59ClN9O18P3S/c1-42(2,23-66-73(63,64)70-72(61,62)65-22-30-36(69-71(58,59)60)34(55)41(68-30)52-25-50-33-38(44)48-24-49-39(33)52)37(56)40(57)47-16-12-31(53)46-17-21-74-32(54)7-5-18-51-19-13-28(14-20-51)67-35(29-6-3-4-15-45-29)26-8-10-27(43)11-9-26/h3-4,6,8-11,15,24-25,28,30,34-37,41,55-56H,5,7,12-14,16-23H2,1-2H3,(H,46,53)(H,47,57)(H,61,62)(H,63,64)(H2,44,48,49)(H2,58,59,60). The van der Waals surface area contributed by atoms with E-state index < -0.39 is 84.6 Å². The fraction of sp³-hybridized carbons (Fsp3) is 0.548. The predicted octanol–water partition coefficient (Wildman–Crippen LogP) is 2.76. The molecule has 0 radical (unpaired) electrons. The molecule has 8 unspecified atom stereocenters. The van der Waals surface area contributed by atoms with E-state index in [0.29, 0.717) is 23.6 Å². The Morgan fingerprint density at radius 1 is 0.959 bits per heavy atom. The molecule has 0 bridgehead atoms. The number of halogens is 1. The average Bonchev–Trinajstić information content (AvgIpc) is 3.91. The van der Waals surface area contributed by atoms with Gasteiger partial charge in [-0.1, -0.05) is 55.4 Å². The quantitative estimate of drug-likeness (QED) is 0.0306. The number of imidazole rings is 1. The summed E-state index contributed by atoms with van der Waals surface area (Å²) in [4.78, 5) is 95.9. The molecule has 10 N–H and O–H groups in total. The van der Waals surface area contributed by atoms with Crippen molar-refractivity contribution in [3.8, 4) is 0 Å². The van der Waals surface area contributed by atoms with Crippen molar-refractivity contribution in [1.82, 2.24) is 40.0 Å². The van der Waals surface area contributed by atoms with Crippen molar-refractivity contribution in [3.05, 3.63) is 77.6 Å². The molecule has 2 saturated heterocycles. The number of piperidine rings is 1. The van der Waals surface area contributed by atoms with Crippen LogP contribution in [0.2, 0.25) is 5.02 Å². The molecule has 4 aromatic rings. The van der Waals surface area contributed by atoms with Crippen LogP contribution in [0, 0.1) is 5.41 Å². The molecule has 1 aromatic carbocycles. The van der Waals surface area contributed by atoms with Gasteiger partial charge in [-0.05, 0) is 55.6 Å². The minimum absolute atomic E-state index is 0.00410. The third kappa shape index (κ3) is 17.6. The fourth-order valence-electron chi connectivity index (χ4n) is 7.76. The summed E-state index contributed by atoms with van der Waals surface area (Å²) < 4.78 is 69.2. The van der Waals surface area contributed by atoms with Crippen molar-refractivity contribution in [3.63, 3.8) is 0 Å². The molecule has 2 aliphatic rings. The lowest BCUT2D eigenvalue weighted by molar-refractivity contribution is -0.137. The zero-order chi connectivity index (χ0) is 53.8. The van der Waals surface area contributed by atoms with E-state index in [1.807, 2.05) is 42.5 Å². The van der Waals surface area contributed by atoms with Crippen LogP contribution >= 0.6 is 46.8 Å². The van der Waals surface area contributed by atoms with Crippen molar-refractivity contribution in [2.24, 2.45) is 5.41 Å². The zero-order valence-corrected chi connectivity index (χ0v) is 44.2. The van der Waals surface area contributed by atoms with Crippen LogP contribution in [-0.2, 0) is 55.4 Å². The lowest BCUT2D eigenvalue weighted by atomic mass is 9.87. The Hall–Kier alpha value is -3.86. The third-order valence-corrected chi connectivity index (χ3v) is 15.9. The highest BCUT2D eigenvalue weighted by Crippen LogP contribution is 2.61. The van der Waals surface area contributed by atoms with E-state index in [1.165, 1.54) is 13.8 Å². The number of carbonyl (C=O) groups is 3. The summed E-state index contributed by atoms with van der Waals surface area (Å²) in [7, 11) is -16.5. The van der Waals surface area contributed by atoms with Gasteiger partial charge in [-0.3, -0.25) is 37.5 Å². The molecule has 6 rings (SSSR count). The number of nitrogens with two attached hydrogens (primary N) is 1. The average molecular weight is 1140 g/mol. The number of rotatable bonds is 27. The van der Waals surface area contributed by atoms with E-state index in [1.54, 1.807) is 6.20 Å². The van der Waals surface area contributed by atoms with Crippen LogP contribution < -0.4 is 16.4 Å². The number of amides is 2. The highest BCUT2D eigenvalue weighted by atomic mass is 35.5. The minimum atomic E-state index is -5.59. The van der Waals surface area contributed by atoms with E-state index in [0.717, 1.165) is 72.7 Å². The Labute approximate surface area is 433 Å². The van der Waals surface area contributed by atoms with Crippen LogP contribution in [0.25, 0.3) is 11.2 Å². The maximum absolute atomic E-state index is 12.8. The Morgan fingerprint density at radius 3 is 2.36 bits per heavy atom. The third-order valence-electron chi connectivity index (χ3n) is 11.6. The molecule has 27 nitrogen and oxygen atoms in total. The summed E-state index contributed by atoms with van der Waals surface area (Å²) in [5.74, 6) is -1.14. The highest BCUT2D eigenvalue weighted by Gasteiger charge is 2.50. The summed E-state index contributed by atoms with van der Waals surface area (Å²) >= 11 is 7.23. The molecule has 0 saturated carbocycles. The van der Waals surface area contributed by atoms with Gasteiger partial charge in [0.1, 0.15) is 42.4 Å². The van der Waals surface area contributed by atoms with Crippen molar-refractivity contribution in [2.45, 2.75) is 88.8 Å². The van der Waals surface area contributed by atoms with E-state index in [4.69, 9.17) is 35.9 Å². The molecule has 2 fully saturated rings. The van der Waals surface area contributed by atoms with Crippen LogP contribution in [-0.4, -0.2) is 158 Å². The van der Waals surface area contributed by atoms with Crippen LogP contribution in [0.3, 0.4) is 0 Å². The first-order valence-corrected chi connectivity index (χ1v) is 28.9. The second kappa shape index (κ2) is 26.5. The largest absolute Gasteiger partial charge is 0.481 e. The molecule has 0 spiro atoms. The van der Waals surface area contributed by atoms with Crippen LogP contribution in [0.1, 0.15) is 69.5 Å². The van der Waals surface area contributed by atoms with Crippen molar-refractivity contribution in [2.75, 3.05) is 57.4 Å². The van der Waals surface area contributed by atoms with E-state index in [2.05, 4.69) is 44.3 Å². The van der Waals surface area contributed by atoms with Gasteiger partial charge in [-0.25, -0.2) is 28.6 Å². The number of aliphatic hydroxyl groups excluding tert-OH is 2. The number of nitrogen functional groups attached to an aromatic ring is 1. The molecule has 2 amide bonds. The number of anilines is 1. The lowest BCUT2D eigenvalue weighted by Crippen LogP contribution is -2.46. The van der Waals surface area contributed by atoms with E-state index in [9.17, 15) is 57.9 Å². The maximum atomic E-state index is 12.8. The molecule has 2 aliphatic heterocycles. The van der Waals surface area contributed by atoms with Crippen LogP contribution in [0.15, 0.2) is 61.3 Å². The summed E-state index contributed by atoms with van der Waals surface area (Å²) in [5.41, 5.74) is 6.06. The van der Waals surface area contributed by atoms with Crippen molar-refractivity contribution >= 4 is 80.7 Å². The Kier molecular flexibility index (Phi) is 21.2. The molecule has 5 heterocycles. The van der Waals surface area contributed by atoms with E-state index in [-0.39, 0.29) is 53.8 Å². The van der Waals surface area contributed by atoms with Gasteiger partial charge in [0, 0.05) is 61.4 Å². The fourth-order valence-corrected chi connectivity index (χ4v) is 11.4. The van der Waals surface area contributed by atoms with Gasteiger partial charge in [0.05, 0.1) is 31.3 Å². The second-order valence-electron chi connectivity index (χ2n) is 17.8. The number of thioether (sulfide) groups is 1. The smallest absolute Gasteiger partial charge is 0.386 e. The number of hydrogen-bond donors (Lipinski definition) is 9. The number of carbonyl (C=O) groups excluding carboxylic acids is 3. The monoisotopic (exact) mass is 1140 g/mol. The number of benzene rings is 1. The Morgan fingerprint density at radius 2 is 1.68 bits per heavy atom. The number of ether oxygens (including phenoxy) is 2. The first-order valence-electron chi connectivity index (χ1n) is 23.0. The number of aromatic nitrogens is 5. The summed E-state index contributed by atoms with van der Waals surface area (Å²) in [6, 6.07) is 13.3. The van der Waals surface area contributed by atoms with Crippen molar-refractivity contribution < 1.29 is 85.2 Å². The number of phosphoric ester groups is 3. The summed E-state index contributed by atoms with van der Waals surface area (Å²) in [5, 5.41) is 27.3. The molecule has 3 aromatic heterocycles. The molecular weight excluding hydrogens is 1080 g/mol. The number of aliphatic hydroxyl groups is 2. The van der Waals surface area contributed by atoms with Crippen LogP contribution in [0.4, 0.5) is 5.82 Å². The number of nitrogens with one attached hydrogen (secondary N) is 2. The summed E-state index contributed by atoms with van der Waals surface area (Å²) in [6.45, 7) is 2.88. The number of nitrogens with zero attached hydrogens (tertiary/aromatic N) is 6. The number of hydrogen-bond acceptors (Lipinski definition) is 21. The molecule has 74 heavy (non-hydrogen) atoms. The Bertz CT molecular complexity index is 2670. The highest BCUT2D eigenvalue weighted by molar-refractivity contribution is 8.13. The second-order valence-corrected chi connectivity index (χ2v) is 23.6. The van der Waals surface area contributed by atoms with Gasteiger partial charge < -0.3 is 60.5 Å². The molecule has 32 heteroatoms. The van der Waals surface area contributed by atoms with Gasteiger partial charge in [-0.15, -0.1) is 0 Å².